The van der Waals surface area contributed by atoms with Crippen molar-refractivity contribution < 1.29 is 18.9 Å². The van der Waals surface area contributed by atoms with Gasteiger partial charge in [-0.3, -0.25) is 0 Å². The van der Waals surface area contributed by atoms with Crippen molar-refractivity contribution in [3.05, 3.63) is 0 Å². The lowest BCUT2D eigenvalue weighted by Gasteiger charge is -2.38. The lowest BCUT2D eigenvalue weighted by molar-refractivity contribution is -0.251. The summed E-state index contributed by atoms with van der Waals surface area (Å²) in [5.74, 6) is -0.221. The molecular weight excluding hydrogens is 220 g/mol. The van der Waals surface area contributed by atoms with Crippen LogP contribution in [-0.2, 0) is 18.9 Å². The van der Waals surface area contributed by atoms with Crippen molar-refractivity contribution in [2.24, 2.45) is 5.92 Å². The lowest BCUT2D eigenvalue weighted by atomic mass is 9.82. The van der Waals surface area contributed by atoms with Crippen molar-refractivity contribution in [1.29, 1.82) is 0 Å². The molecule has 0 aliphatic carbocycles. The molecule has 2 saturated heterocycles. The van der Waals surface area contributed by atoms with Crippen LogP contribution in [0.2, 0.25) is 0 Å². The molecule has 0 aromatic carbocycles. The van der Waals surface area contributed by atoms with E-state index in [9.17, 15) is 0 Å². The molecule has 100 valence electrons. The molecule has 0 spiro atoms. The number of fused-ring (bicyclic) bond motifs is 1. The normalized spacial score (nSPS) is 44.3. The molecule has 0 bridgehead atoms. The van der Waals surface area contributed by atoms with Crippen LogP contribution in [0.3, 0.4) is 0 Å². The Labute approximate surface area is 104 Å². The molecule has 2 rings (SSSR count). The second-order valence-corrected chi connectivity index (χ2v) is 5.71. The van der Waals surface area contributed by atoms with Gasteiger partial charge in [0.2, 0.25) is 0 Å². The molecule has 0 radical (unpaired) electrons. The molecule has 0 unspecified atom stereocenters. The highest BCUT2D eigenvalue weighted by molar-refractivity contribution is 5.04. The van der Waals surface area contributed by atoms with E-state index < -0.39 is 5.79 Å². The first kappa shape index (κ1) is 13.3. The fraction of sp³-hybridized carbons (Fsp3) is 1.00. The van der Waals surface area contributed by atoms with Gasteiger partial charge in [0.25, 0.3) is 0 Å². The van der Waals surface area contributed by atoms with E-state index in [1.807, 2.05) is 13.8 Å². The van der Waals surface area contributed by atoms with Crippen LogP contribution in [0.15, 0.2) is 0 Å². The first-order valence-corrected chi connectivity index (χ1v) is 6.42. The minimum Gasteiger partial charge on any atom is -0.376 e. The Morgan fingerprint density at radius 2 is 1.82 bits per heavy atom. The van der Waals surface area contributed by atoms with Crippen molar-refractivity contribution in [2.45, 2.75) is 70.9 Å². The van der Waals surface area contributed by atoms with E-state index in [0.29, 0.717) is 5.92 Å². The first-order valence-electron chi connectivity index (χ1n) is 6.42. The second kappa shape index (κ2) is 4.19. The van der Waals surface area contributed by atoms with Gasteiger partial charge in [0.1, 0.15) is 17.8 Å². The van der Waals surface area contributed by atoms with E-state index in [1.165, 1.54) is 0 Å². The number of rotatable bonds is 3. The standard InChI is InChI=1S/C13H24O4/c1-7-13(8(2)3)10(14-6)9-11(17-13)16-12(4,5)15-9/h8-11H,7H2,1-6H3/t9-,10-,11+,13+/m1/s1. The summed E-state index contributed by atoms with van der Waals surface area (Å²) in [6.45, 7) is 10.2. The Bertz CT molecular complexity index is 289. The van der Waals surface area contributed by atoms with Crippen LogP contribution >= 0.6 is 0 Å². The van der Waals surface area contributed by atoms with Gasteiger partial charge >= 0.3 is 0 Å². The molecule has 0 aromatic rings. The third kappa shape index (κ3) is 1.91. The number of hydrogen-bond donors (Lipinski definition) is 0. The van der Waals surface area contributed by atoms with E-state index in [-0.39, 0.29) is 24.1 Å². The van der Waals surface area contributed by atoms with E-state index in [0.717, 1.165) is 6.42 Å². The van der Waals surface area contributed by atoms with Gasteiger partial charge < -0.3 is 18.9 Å². The lowest BCUT2D eigenvalue weighted by Crippen LogP contribution is -2.49. The molecule has 0 N–H and O–H groups in total. The Balaban J connectivity index is 2.26. The van der Waals surface area contributed by atoms with Crippen LogP contribution in [-0.4, -0.2) is 37.0 Å². The monoisotopic (exact) mass is 244 g/mol. The molecule has 2 aliphatic heterocycles. The van der Waals surface area contributed by atoms with Gasteiger partial charge in [-0.2, -0.15) is 0 Å². The second-order valence-electron chi connectivity index (χ2n) is 5.71. The van der Waals surface area contributed by atoms with Crippen LogP contribution < -0.4 is 0 Å². The van der Waals surface area contributed by atoms with Gasteiger partial charge in [-0.1, -0.05) is 20.8 Å². The number of hydrogen-bond acceptors (Lipinski definition) is 4. The van der Waals surface area contributed by atoms with Gasteiger partial charge in [0.05, 0.1) is 0 Å². The average Bonchev–Trinajstić information content (AvgIpc) is 2.66. The molecule has 0 saturated carbocycles. The molecule has 4 nitrogen and oxygen atoms in total. The average molecular weight is 244 g/mol. The predicted octanol–water partition coefficient (Wildman–Crippen LogP) is 2.31. The summed E-state index contributed by atoms with van der Waals surface area (Å²) in [5, 5.41) is 0. The molecule has 0 amide bonds. The van der Waals surface area contributed by atoms with Crippen LogP contribution in [0.5, 0.6) is 0 Å². The summed E-state index contributed by atoms with van der Waals surface area (Å²) in [6.07, 6.45) is 0.387. The van der Waals surface area contributed by atoms with Crippen molar-refractivity contribution in [3.8, 4) is 0 Å². The summed E-state index contributed by atoms with van der Waals surface area (Å²) in [6, 6.07) is 0. The molecule has 4 atom stereocenters. The fourth-order valence-electron chi connectivity index (χ4n) is 3.11. The summed E-state index contributed by atoms with van der Waals surface area (Å²) < 4.78 is 23.5. The van der Waals surface area contributed by atoms with Gasteiger partial charge in [-0.25, -0.2) is 0 Å². The third-order valence-corrected chi connectivity index (χ3v) is 3.99. The van der Waals surface area contributed by atoms with E-state index >= 15 is 0 Å². The van der Waals surface area contributed by atoms with Crippen molar-refractivity contribution in [1.82, 2.24) is 0 Å². The zero-order valence-corrected chi connectivity index (χ0v) is 11.6. The maximum atomic E-state index is 6.15. The molecule has 17 heavy (non-hydrogen) atoms. The SMILES string of the molecule is CC[C@@]1(C(C)C)O[C@@H]2OC(C)(C)O[C@@H]2[C@H]1OC. The quantitative estimate of drug-likeness (QED) is 0.763. The summed E-state index contributed by atoms with van der Waals surface area (Å²) in [4.78, 5) is 0. The zero-order chi connectivity index (χ0) is 12.8. The summed E-state index contributed by atoms with van der Waals surface area (Å²) >= 11 is 0. The Kier molecular flexibility index (Phi) is 3.28. The van der Waals surface area contributed by atoms with E-state index in [2.05, 4.69) is 20.8 Å². The largest absolute Gasteiger partial charge is 0.376 e. The van der Waals surface area contributed by atoms with Gasteiger partial charge in [0.15, 0.2) is 12.1 Å². The zero-order valence-electron chi connectivity index (χ0n) is 11.6. The van der Waals surface area contributed by atoms with Crippen molar-refractivity contribution >= 4 is 0 Å². The molecule has 2 heterocycles. The minimum atomic E-state index is -0.580. The minimum absolute atomic E-state index is 0.0701. The highest BCUT2D eigenvalue weighted by atomic mass is 16.8. The number of ether oxygens (including phenoxy) is 4. The number of methoxy groups -OCH3 is 1. The molecule has 0 aromatic heterocycles. The van der Waals surface area contributed by atoms with Gasteiger partial charge in [-0.05, 0) is 26.2 Å². The van der Waals surface area contributed by atoms with Crippen LogP contribution in [0, 0.1) is 5.92 Å². The molecular formula is C13H24O4. The maximum Gasteiger partial charge on any atom is 0.190 e. The summed E-state index contributed by atoms with van der Waals surface area (Å²) in [7, 11) is 1.72. The van der Waals surface area contributed by atoms with Crippen LogP contribution in [0.25, 0.3) is 0 Å². The highest BCUT2D eigenvalue weighted by Gasteiger charge is 2.62. The Morgan fingerprint density at radius 1 is 1.18 bits per heavy atom. The van der Waals surface area contributed by atoms with E-state index in [1.54, 1.807) is 7.11 Å². The smallest absolute Gasteiger partial charge is 0.190 e. The van der Waals surface area contributed by atoms with Crippen molar-refractivity contribution in [3.63, 3.8) is 0 Å². The third-order valence-electron chi connectivity index (χ3n) is 3.99. The Morgan fingerprint density at radius 3 is 2.29 bits per heavy atom. The first-order chi connectivity index (χ1) is 7.86. The maximum absolute atomic E-state index is 6.15. The highest BCUT2D eigenvalue weighted by Crippen LogP contribution is 2.47. The molecule has 2 fully saturated rings. The fourth-order valence-corrected chi connectivity index (χ4v) is 3.11. The Hall–Kier alpha value is -0.160. The molecule has 4 heteroatoms. The van der Waals surface area contributed by atoms with E-state index in [4.69, 9.17) is 18.9 Å². The molecule has 2 aliphatic rings. The van der Waals surface area contributed by atoms with Crippen LogP contribution in [0.4, 0.5) is 0 Å². The summed E-state index contributed by atoms with van der Waals surface area (Å²) in [5.41, 5.74) is -0.305. The van der Waals surface area contributed by atoms with Gasteiger partial charge in [-0.15, -0.1) is 0 Å². The predicted molar refractivity (Wildman–Crippen MR) is 63.6 cm³/mol. The van der Waals surface area contributed by atoms with Crippen LogP contribution in [0.1, 0.15) is 41.0 Å². The van der Waals surface area contributed by atoms with Crippen molar-refractivity contribution in [2.75, 3.05) is 7.11 Å². The van der Waals surface area contributed by atoms with Gasteiger partial charge in [0, 0.05) is 7.11 Å². The topological polar surface area (TPSA) is 36.9 Å².